The SMILES string of the molecule is CCOC(=O)C(C#N)C1(Cc2ccc(C)cc2)CCN(C(=O)OCc2ccccc2)CC1. The molecule has 1 aliphatic rings. The predicted molar refractivity (Wildman–Crippen MR) is 120 cm³/mol. The molecule has 168 valence electrons. The first kappa shape index (κ1) is 23.3. The van der Waals surface area contributed by atoms with Crippen molar-refractivity contribution in [3.05, 3.63) is 71.3 Å². The highest BCUT2D eigenvalue weighted by molar-refractivity contribution is 5.76. The van der Waals surface area contributed by atoms with Crippen LogP contribution in [0.1, 0.15) is 36.5 Å². The Kier molecular flexibility index (Phi) is 7.88. The van der Waals surface area contributed by atoms with E-state index in [9.17, 15) is 14.9 Å². The van der Waals surface area contributed by atoms with Gasteiger partial charge in [0.1, 0.15) is 12.5 Å². The van der Waals surface area contributed by atoms with Crippen LogP contribution in [0.2, 0.25) is 0 Å². The number of carbonyl (C=O) groups is 2. The topological polar surface area (TPSA) is 79.6 Å². The highest BCUT2D eigenvalue weighted by atomic mass is 16.6. The molecule has 2 aromatic carbocycles. The zero-order valence-corrected chi connectivity index (χ0v) is 18.8. The first-order valence-corrected chi connectivity index (χ1v) is 11.0. The number of hydrogen-bond acceptors (Lipinski definition) is 5. The van der Waals surface area contributed by atoms with Gasteiger partial charge < -0.3 is 14.4 Å². The Morgan fingerprint density at radius 3 is 2.28 bits per heavy atom. The minimum atomic E-state index is -0.883. The summed E-state index contributed by atoms with van der Waals surface area (Å²) in [5.41, 5.74) is 2.56. The van der Waals surface area contributed by atoms with E-state index in [0.717, 1.165) is 16.7 Å². The number of aryl methyl sites for hydroxylation is 1. The summed E-state index contributed by atoms with van der Waals surface area (Å²) in [7, 11) is 0. The van der Waals surface area contributed by atoms with Gasteiger partial charge in [0.2, 0.25) is 0 Å². The Balaban J connectivity index is 1.72. The number of ether oxygens (including phenoxy) is 2. The lowest BCUT2D eigenvalue weighted by atomic mass is 9.65. The van der Waals surface area contributed by atoms with Crippen LogP contribution in [0.15, 0.2) is 54.6 Å². The Labute approximate surface area is 189 Å². The third-order valence-corrected chi connectivity index (χ3v) is 6.16. The van der Waals surface area contributed by atoms with Crippen LogP contribution < -0.4 is 0 Å². The van der Waals surface area contributed by atoms with Gasteiger partial charge in [-0.05, 0) is 44.2 Å². The molecule has 2 aromatic rings. The molecule has 0 aromatic heterocycles. The van der Waals surface area contributed by atoms with Crippen molar-refractivity contribution in [1.29, 1.82) is 5.26 Å². The molecule has 0 bridgehead atoms. The molecule has 1 amide bonds. The van der Waals surface area contributed by atoms with E-state index >= 15 is 0 Å². The zero-order chi connectivity index (χ0) is 23.0. The molecule has 0 N–H and O–H groups in total. The highest BCUT2D eigenvalue weighted by Crippen LogP contribution is 2.43. The summed E-state index contributed by atoms with van der Waals surface area (Å²) in [6, 6.07) is 19.9. The van der Waals surface area contributed by atoms with Crippen molar-refractivity contribution in [2.24, 2.45) is 11.3 Å². The Bertz CT molecular complexity index is 942. The van der Waals surface area contributed by atoms with Gasteiger partial charge in [0.25, 0.3) is 0 Å². The van der Waals surface area contributed by atoms with Crippen molar-refractivity contribution in [2.75, 3.05) is 19.7 Å². The number of carbonyl (C=O) groups excluding carboxylic acids is 2. The molecule has 0 saturated carbocycles. The standard InChI is InChI=1S/C26H30N2O4/c1-3-31-24(29)23(18-27)26(17-21-11-9-20(2)10-12-21)13-15-28(16-14-26)25(30)32-19-22-7-5-4-6-8-22/h4-12,23H,3,13-17,19H2,1-2H3. The fraction of sp³-hybridized carbons (Fsp3) is 0.423. The number of rotatable bonds is 7. The molecule has 6 heteroatoms. The van der Waals surface area contributed by atoms with Crippen molar-refractivity contribution in [3.8, 4) is 6.07 Å². The van der Waals surface area contributed by atoms with E-state index in [0.29, 0.717) is 32.4 Å². The van der Waals surface area contributed by atoms with Gasteiger partial charge in [0.15, 0.2) is 0 Å². The van der Waals surface area contributed by atoms with Crippen LogP contribution in [-0.4, -0.2) is 36.7 Å². The minimum absolute atomic E-state index is 0.217. The Morgan fingerprint density at radius 2 is 1.69 bits per heavy atom. The second-order valence-electron chi connectivity index (χ2n) is 8.37. The molecule has 0 aliphatic carbocycles. The van der Waals surface area contributed by atoms with Crippen molar-refractivity contribution in [2.45, 2.75) is 39.7 Å². The maximum absolute atomic E-state index is 12.6. The molecule has 1 atom stereocenters. The van der Waals surface area contributed by atoms with Crippen molar-refractivity contribution in [1.82, 2.24) is 4.90 Å². The Morgan fingerprint density at radius 1 is 1.03 bits per heavy atom. The summed E-state index contributed by atoms with van der Waals surface area (Å²) < 4.78 is 10.7. The number of amides is 1. The second kappa shape index (κ2) is 10.8. The van der Waals surface area contributed by atoms with E-state index in [4.69, 9.17) is 9.47 Å². The average Bonchev–Trinajstić information content (AvgIpc) is 2.81. The maximum Gasteiger partial charge on any atom is 0.410 e. The number of piperidine rings is 1. The number of hydrogen-bond donors (Lipinski definition) is 0. The summed E-state index contributed by atoms with van der Waals surface area (Å²) >= 11 is 0. The van der Waals surface area contributed by atoms with Gasteiger partial charge in [-0.1, -0.05) is 60.2 Å². The molecule has 1 unspecified atom stereocenters. The molecule has 1 aliphatic heterocycles. The van der Waals surface area contributed by atoms with Crippen molar-refractivity contribution >= 4 is 12.1 Å². The summed E-state index contributed by atoms with van der Waals surface area (Å²) in [5, 5.41) is 9.89. The number of benzene rings is 2. The van der Waals surface area contributed by atoms with Crippen LogP contribution in [0.25, 0.3) is 0 Å². The third-order valence-electron chi connectivity index (χ3n) is 6.16. The van der Waals surface area contributed by atoms with Gasteiger partial charge in [-0.3, -0.25) is 4.79 Å². The van der Waals surface area contributed by atoms with E-state index in [1.807, 2.05) is 61.5 Å². The number of esters is 1. The van der Waals surface area contributed by atoms with Gasteiger partial charge >= 0.3 is 12.1 Å². The molecule has 1 saturated heterocycles. The van der Waals surface area contributed by atoms with Gasteiger partial charge in [-0.15, -0.1) is 0 Å². The highest BCUT2D eigenvalue weighted by Gasteiger charge is 2.47. The number of likely N-dealkylation sites (tertiary alicyclic amines) is 1. The van der Waals surface area contributed by atoms with E-state index in [-0.39, 0.29) is 19.3 Å². The van der Waals surface area contributed by atoms with E-state index < -0.39 is 17.3 Å². The Hall–Kier alpha value is -3.33. The van der Waals surface area contributed by atoms with E-state index in [1.165, 1.54) is 0 Å². The largest absolute Gasteiger partial charge is 0.465 e. The monoisotopic (exact) mass is 434 g/mol. The average molecular weight is 435 g/mol. The van der Waals surface area contributed by atoms with Gasteiger partial charge in [0, 0.05) is 18.5 Å². The maximum atomic E-state index is 12.6. The van der Waals surface area contributed by atoms with Crippen molar-refractivity contribution in [3.63, 3.8) is 0 Å². The third kappa shape index (κ3) is 5.67. The van der Waals surface area contributed by atoms with Gasteiger partial charge in [-0.2, -0.15) is 5.26 Å². The molecule has 1 fully saturated rings. The molecule has 32 heavy (non-hydrogen) atoms. The molecular weight excluding hydrogens is 404 g/mol. The van der Waals surface area contributed by atoms with Crippen LogP contribution >= 0.6 is 0 Å². The summed E-state index contributed by atoms with van der Waals surface area (Å²) in [4.78, 5) is 26.9. The van der Waals surface area contributed by atoms with E-state index in [2.05, 4.69) is 6.07 Å². The molecule has 1 heterocycles. The summed E-state index contributed by atoms with van der Waals surface area (Å²) in [6.45, 7) is 5.07. The summed E-state index contributed by atoms with van der Waals surface area (Å²) in [5.74, 6) is -1.37. The first-order chi connectivity index (χ1) is 15.5. The lowest BCUT2D eigenvalue weighted by Crippen LogP contribution is -2.49. The fourth-order valence-electron chi connectivity index (χ4n) is 4.29. The summed E-state index contributed by atoms with van der Waals surface area (Å²) in [6.07, 6.45) is 1.26. The molecule has 3 rings (SSSR count). The fourth-order valence-corrected chi connectivity index (χ4v) is 4.29. The van der Waals surface area contributed by atoms with Gasteiger partial charge in [-0.25, -0.2) is 4.79 Å². The second-order valence-corrected chi connectivity index (χ2v) is 8.37. The van der Waals surface area contributed by atoms with Crippen LogP contribution in [0.3, 0.4) is 0 Å². The zero-order valence-electron chi connectivity index (χ0n) is 18.8. The lowest BCUT2D eigenvalue weighted by Gasteiger charge is -2.43. The minimum Gasteiger partial charge on any atom is -0.465 e. The first-order valence-electron chi connectivity index (χ1n) is 11.0. The molecular formula is C26H30N2O4. The molecule has 0 spiro atoms. The normalized spacial score (nSPS) is 16.0. The smallest absolute Gasteiger partial charge is 0.410 e. The van der Waals surface area contributed by atoms with Crippen molar-refractivity contribution < 1.29 is 19.1 Å². The number of nitrogens with zero attached hydrogens (tertiary/aromatic N) is 2. The van der Waals surface area contributed by atoms with Gasteiger partial charge in [0.05, 0.1) is 12.7 Å². The van der Waals surface area contributed by atoms with Crippen LogP contribution in [0.4, 0.5) is 4.79 Å². The van der Waals surface area contributed by atoms with Crippen LogP contribution in [0, 0.1) is 29.6 Å². The molecule has 0 radical (unpaired) electrons. The number of nitriles is 1. The van der Waals surface area contributed by atoms with E-state index in [1.54, 1.807) is 11.8 Å². The van der Waals surface area contributed by atoms with Crippen LogP contribution in [0.5, 0.6) is 0 Å². The lowest BCUT2D eigenvalue weighted by molar-refractivity contribution is -0.151. The van der Waals surface area contributed by atoms with Crippen LogP contribution in [-0.2, 0) is 27.3 Å². The predicted octanol–water partition coefficient (Wildman–Crippen LogP) is 4.66. The molecule has 6 nitrogen and oxygen atoms in total. The quantitative estimate of drug-likeness (QED) is 0.592.